The summed E-state index contributed by atoms with van der Waals surface area (Å²) in [6, 6.07) is -2.19. The predicted octanol–water partition coefficient (Wildman–Crippen LogP) is 0.225. The number of primary amides is 1. The van der Waals surface area contributed by atoms with Crippen LogP contribution in [0.2, 0.25) is 0 Å². The van der Waals surface area contributed by atoms with Crippen molar-refractivity contribution in [2.75, 3.05) is 12.3 Å². The molecule has 1 aliphatic carbocycles. The summed E-state index contributed by atoms with van der Waals surface area (Å²) in [6.07, 6.45) is 2.51. The molecule has 0 bridgehead atoms. The average Bonchev–Trinajstić information content (AvgIpc) is 3.68. The summed E-state index contributed by atoms with van der Waals surface area (Å²) in [7, 11) is 2.58. The monoisotopic (exact) mass is 863 g/mol. The number of aromatic hydroxyl groups is 1. The molecule has 18 nitrogen and oxygen atoms in total. The van der Waals surface area contributed by atoms with Gasteiger partial charge in [-0.05, 0) is 56.2 Å². The highest BCUT2D eigenvalue weighted by Gasteiger charge is 2.42. The van der Waals surface area contributed by atoms with Crippen molar-refractivity contribution in [1.29, 1.82) is 0 Å². The van der Waals surface area contributed by atoms with Gasteiger partial charge in [0.05, 0.1) is 12.5 Å². The number of carbonyl (C=O) groups is 8. The standard InChI is InChI=1S/C39H57N7O11S2/c1-4-21(2)31-35(53)45-32(22(3)47)36(54)42-26(18-29(40)49)33(51)43-27(37(55)46-16-8-9-28(46)38(56)57)20-58-59-39(14-6-5-7-15-39)19-30(50)41-25(34(52)44-31)17-23-10-12-24(48)13-11-23/h10-13,21-22,25-28,31-32,47-48H,4-9,14-20H2,1-3H3,(H2,40,49)(H,41,50)(H,42,54)(H,43,51)(H,44,52)(H,45,53)(H,56,57)/t21-,22+,25-,26-,27-,28-,31-,32-/m0/s1. The Morgan fingerprint density at radius 1 is 0.864 bits per heavy atom. The number of phenolic OH excluding ortho intramolecular Hbond substituents is 1. The molecular weight excluding hydrogens is 807 g/mol. The Labute approximate surface area is 351 Å². The van der Waals surface area contributed by atoms with E-state index in [2.05, 4.69) is 26.6 Å². The van der Waals surface area contributed by atoms with E-state index in [0.717, 1.165) is 19.3 Å². The lowest BCUT2D eigenvalue weighted by Crippen LogP contribution is -2.63. The highest BCUT2D eigenvalue weighted by Crippen LogP contribution is 2.48. The number of nitrogens with one attached hydrogen (secondary N) is 5. The summed E-state index contributed by atoms with van der Waals surface area (Å²) in [5.74, 6) is -7.55. The van der Waals surface area contributed by atoms with Crippen LogP contribution in [0.15, 0.2) is 24.3 Å². The molecule has 0 unspecified atom stereocenters. The summed E-state index contributed by atoms with van der Waals surface area (Å²) >= 11 is 0. The molecule has 2 heterocycles. The summed E-state index contributed by atoms with van der Waals surface area (Å²) in [5.41, 5.74) is 6.08. The van der Waals surface area contributed by atoms with E-state index < -0.39 is 107 Å². The van der Waals surface area contributed by atoms with Gasteiger partial charge < -0.3 is 52.5 Å². The van der Waals surface area contributed by atoms with Crippen LogP contribution in [0.25, 0.3) is 0 Å². The SMILES string of the molecule is CC[C@H](C)[C@@H]1NC(=O)[C@H](Cc2ccc(O)cc2)NC(=O)CC2(CCCCC2)SSC[C@@H](C(=O)N2CCC[C@H]2C(=O)O)NC(=O)[C@H](CC(N)=O)NC(=O)[C@H]([C@@H](C)O)NC1=O. The third kappa shape index (κ3) is 13.2. The minimum absolute atomic E-state index is 0.00112. The van der Waals surface area contributed by atoms with Crippen molar-refractivity contribution >= 4 is 68.9 Å². The van der Waals surface area contributed by atoms with Crippen molar-refractivity contribution in [1.82, 2.24) is 31.5 Å². The van der Waals surface area contributed by atoms with Gasteiger partial charge in [0.25, 0.3) is 0 Å². The first-order chi connectivity index (χ1) is 27.9. The van der Waals surface area contributed by atoms with Crippen LogP contribution in [0.1, 0.15) is 90.5 Å². The first-order valence-corrected chi connectivity index (χ1v) is 22.3. The van der Waals surface area contributed by atoms with E-state index in [9.17, 15) is 53.7 Å². The lowest BCUT2D eigenvalue weighted by Gasteiger charge is -2.37. The van der Waals surface area contributed by atoms with Gasteiger partial charge in [-0.1, -0.05) is 73.3 Å². The maximum absolute atomic E-state index is 14.1. The fourth-order valence-corrected chi connectivity index (χ4v) is 10.9. The Kier molecular flexibility index (Phi) is 17.3. The van der Waals surface area contributed by atoms with Crippen molar-refractivity contribution in [2.45, 2.75) is 139 Å². The molecule has 0 aromatic heterocycles. The molecule has 0 radical (unpaired) electrons. The second-order valence-electron chi connectivity index (χ2n) is 15.7. The third-order valence-electron chi connectivity index (χ3n) is 11.1. The van der Waals surface area contributed by atoms with Crippen molar-refractivity contribution in [2.24, 2.45) is 11.7 Å². The fraction of sp³-hybridized carbons (Fsp3) is 0.641. The molecule has 4 rings (SSSR count). The molecule has 1 saturated carbocycles. The van der Waals surface area contributed by atoms with Crippen LogP contribution in [-0.4, -0.2) is 127 Å². The minimum Gasteiger partial charge on any atom is -0.508 e. The minimum atomic E-state index is -1.70. The molecule has 59 heavy (non-hydrogen) atoms. The molecule has 10 N–H and O–H groups in total. The molecular formula is C39H57N7O11S2. The summed E-state index contributed by atoms with van der Waals surface area (Å²) in [6.45, 7) is 4.81. The Morgan fingerprint density at radius 2 is 1.49 bits per heavy atom. The number of carboxylic acids is 1. The van der Waals surface area contributed by atoms with Gasteiger partial charge in [0.2, 0.25) is 41.4 Å². The number of aliphatic hydroxyl groups is 1. The van der Waals surface area contributed by atoms with Crippen LogP contribution < -0.4 is 32.3 Å². The molecule has 2 saturated heterocycles. The normalized spacial score (nSPS) is 27.6. The van der Waals surface area contributed by atoms with Gasteiger partial charge in [-0.2, -0.15) is 0 Å². The number of benzene rings is 1. The van der Waals surface area contributed by atoms with E-state index >= 15 is 0 Å². The number of hydrogen-bond donors (Lipinski definition) is 9. The third-order valence-corrected chi connectivity index (χ3v) is 14.4. The van der Waals surface area contributed by atoms with Gasteiger partial charge in [0.1, 0.15) is 42.0 Å². The van der Waals surface area contributed by atoms with Crippen molar-refractivity contribution in [3.8, 4) is 5.75 Å². The molecule has 1 spiro atoms. The van der Waals surface area contributed by atoms with Gasteiger partial charge in [0.15, 0.2) is 0 Å². The number of amides is 7. The molecule has 2 aliphatic heterocycles. The van der Waals surface area contributed by atoms with E-state index in [-0.39, 0.29) is 37.3 Å². The highest BCUT2D eigenvalue weighted by atomic mass is 33.1. The number of nitrogens with zero attached hydrogens (tertiary/aromatic N) is 1. The van der Waals surface area contributed by atoms with Gasteiger partial charge in [0, 0.05) is 29.9 Å². The zero-order chi connectivity index (χ0) is 43.4. The number of rotatable bonds is 9. The molecule has 1 aromatic rings. The Morgan fingerprint density at radius 3 is 2.10 bits per heavy atom. The van der Waals surface area contributed by atoms with Crippen LogP contribution in [0, 0.1) is 5.92 Å². The lowest BCUT2D eigenvalue weighted by atomic mass is 9.85. The molecule has 20 heteroatoms. The fourth-order valence-electron chi connectivity index (χ4n) is 7.54. The van der Waals surface area contributed by atoms with Crippen molar-refractivity contribution < 1.29 is 53.7 Å². The topological polar surface area (TPSA) is 287 Å². The number of carboxylic acid groups (broad SMARTS) is 1. The van der Waals surface area contributed by atoms with Gasteiger partial charge in [-0.3, -0.25) is 33.6 Å². The average molecular weight is 864 g/mol. The zero-order valence-electron chi connectivity index (χ0n) is 33.6. The highest BCUT2D eigenvalue weighted by molar-refractivity contribution is 8.77. The number of carbonyl (C=O) groups excluding carboxylic acids is 7. The van der Waals surface area contributed by atoms with Crippen molar-refractivity contribution in [3.63, 3.8) is 0 Å². The van der Waals surface area contributed by atoms with Crippen LogP contribution in [0.3, 0.4) is 0 Å². The molecule has 326 valence electrons. The molecule has 3 aliphatic rings. The quantitative estimate of drug-likeness (QED) is 0.151. The van der Waals surface area contributed by atoms with Crippen molar-refractivity contribution in [3.05, 3.63) is 29.8 Å². The first-order valence-electron chi connectivity index (χ1n) is 20.0. The molecule has 8 atom stereocenters. The van der Waals surface area contributed by atoms with Crippen LogP contribution in [-0.2, 0) is 44.8 Å². The number of aliphatic hydroxyl groups excluding tert-OH is 1. The number of aliphatic carboxylic acids is 1. The second kappa shape index (κ2) is 21.6. The van der Waals surface area contributed by atoms with E-state index in [4.69, 9.17) is 5.73 Å². The first kappa shape index (κ1) is 47.1. The predicted molar refractivity (Wildman–Crippen MR) is 219 cm³/mol. The van der Waals surface area contributed by atoms with E-state index in [1.54, 1.807) is 26.0 Å². The maximum Gasteiger partial charge on any atom is 0.326 e. The Hall–Kier alpha value is -4.56. The zero-order valence-corrected chi connectivity index (χ0v) is 35.2. The number of nitrogens with two attached hydrogens (primary N) is 1. The van der Waals surface area contributed by atoms with Gasteiger partial charge in [-0.25, -0.2) is 4.79 Å². The maximum atomic E-state index is 14.1. The van der Waals surface area contributed by atoms with E-state index in [1.807, 2.05) is 0 Å². The van der Waals surface area contributed by atoms with Gasteiger partial charge >= 0.3 is 5.97 Å². The van der Waals surface area contributed by atoms with E-state index in [1.165, 1.54) is 45.5 Å². The number of phenols is 1. The smallest absolute Gasteiger partial charge is 0.326 e. The van der Waals surface area contributed by atoms with Crippen LogP contribution in [0.4, 0.5) is 0 Å². The second-order valence-corrected chi connectivity index (χ2v) is 18.5. The summed E-state index contributed by atoms with van der Waals surface area (Å²) in [5, 5.41) is 43.5. The molecule has 7 amide bonds. The lowest BCUT2D eigenvalue weighted by molar-refractivity contribution is -0.149. The van der Waals surface area contributed by atoms with Crippen LogP contribution >= 0.6 is 21.6 Å². The largest absolute Gasteiger partial charge is 0.508 e. The van der Waals surface area contributed by atoms with E-state index in [0.29, 0.717) is 31.2 Å². The summed E-state index contributed by atoms with van der Waals surface area (Å²) in [4.78, 5) is 109. The number of hydrogen-bond acceptors (Lipinski definition) is 12. The number of likely N-dealkylation sites (tertiary alicyclic amines) is 1. The Balaban J connectivity index is 1.76. The molecule has 1 aromatic carbocycles. The summed E-state index contributed by atoms with van der Waals surface area (Å²) < 4.78 is -0.653. The van der Waals surface area contributed by atoms with Gasteiger partial charge in [-0.15, -0.1) is 0 Å². The Bertz CT molecular complexity index is 1710. The van der Waals surface area contributed by atoms with Crippen LogP contribution in [0.5, 0.6) is 5.75 Å². The molecule has 3 fully saturated rings.